The van der Waals surface area contributed by atoms with Crippen LogP contribution in [0.2, 0.25) is 0 Å². The van der Waals surface area contributed by atoms with Gasteiger partial charge in [-0.1, -0.05) is 18.2 Å². The van der Waals surface area contributed by atoms with E-state index in [0.717, 1.165) is 5.56 Å². The fourth-order valence-corrected chi connectivity index (χ4v) is 2.60. The number of carbonyl (C=O) groups excluding carboxylic acids is 2. The molecule has 2 amide bonds. The predicted molar refractivity (Wildman–Crippen MR) is 109 cm³/mol. The Labute approximate surface area is 167 Å². The van der Waals surface area contributed by atoms with Crippen molar-refractivity contribution in [2.24, 2.45) is 0 Å². The van der Waals surface area contributed by atoms with Gasteiger partial charge < -0.3 is 16.0 Å². The van der Waals surface area contributed by atoms with Crippen LogP contribution in [0.3, 0.4) is 0 Å². The number of hydrogen-bond donors (Lipinski definition) is 3. The van der Waals surface area contributed by atoms with Crippen LogP contribution in [0.25, 0.3) is 0 Å². The maximum atomic E-state index is 12.9. The van der Waals surface area contributed by atoms with Crippen molar-refractivity contribution in [2.45, 2.75) is 13.3 Å². The molecule has 0 radical (unpaired) electrons. The van der Waals surface area contributed by atoms with E-state index in [-0.39, 0.29) is 17.4 Å². The average molecular weight is 393 g/mol. The highest BCUT2D eigenvalue weighted by Gasteiger charge is 2.09. The van der Waals surface area contributed by atoms with Crippen LogP contribution in [-0.2, 0) is 11.2 Å². The zero-order chi connectivity index (χ0) is 20.6. The Kier molecular flexibility index (Phi) is 6.47. The van der Waals surface area contributed by atoms with E-state index in [4.69, 9.17) is 0 Å². The molecule has 0 atom stereocenters. The monoisotopic (exact) mass is 393 g/mol. The Balaban J connectivity index is 1.53. The minimum atomic E-state index is -0.407. The Bertz CT molecular complexity index is 991. The molecule has 148 valence electrons. The van der Waals surface area contributed by atoms with Crippen molar-refractivity contribution in [3.63, 3.8) is 0 Å². The molecule has 0 spiro atoms. The summed E-state index contributed by atoms with van der Waals surface area (Å²) in [5, 5.41) is 8.48. The van der Waals surface area contributed by atoms with Gasteiger partial charge in [0, 0.05) is 24.8 Å². The number of hydrogen-bond acceptors (Lipinski definition) is 5. The number of nitrogens with one attached hydrogen (secondary N) is 3. The summed E-state index contributed by atoms with van der Waals surface area (Å²) in [5.41, 5.74) is 2.29. The van der Waals surface area contributed by atoms with E-state index in [2.05, 4.69) is 25.9 Å². The molecule has 1 aromatic heterocycles. The molecule has 8 heteroatoms. The summed E-state index contributed by atoms with van der Waals surface area (Å²) in [6.45, 7) is 2.01. The molecule has 3 rings (SSSR count). The summed E-state index contributed by atoms with van der Waals surface area (Å²) in [6, 6.07) is 13.1. The third-order valence-corrected chi connectivity index (χ3v) is 3.96. The van der Waals surface area contributed by atoms with Gasteiger partial charge >= 0.3 is 0 Å². The summed E-state index contributed by atoms with van der Waals surface area (Å²) in [4.78, 5) is 31.8. The zero-order valence-electron chi connectivity index (χ0n) is 15.8. The van der Waals surface area contributed by atoms with Gasteiger partial charge in [0.1, 0.15) is 17.3 Å². The SMILES string of the molecule is CC(=O)Nc1cccc(NC(=O)c2cnc(NCCc3ccc(F)cc3)cn2)c1. The number of nitrogens with zero attached hydrogens (tertiary/aromatic N) is 2. The van der Waals surface area contributed by atoms with E-state index in [1.807, 2.05) is 0 Å². The van der Waals surface area contributed by atoms with Crippen LogP contribution in [0.15, 0.2) is 60.9 Å². The van der Waals surface area contributed by atoms with E-state index < -0.39 is 5.91 Å². The number of carbonyl (C=O) groups is 2. The first kappa shape index (κ1) is 19.9. The van der Waals surface area contributed by atoms with Gasteiger partial charge in [-0.25, -0.2) is 14.4 Å². The fourth-order valence-electron chi connectivity index (χ4n) is 2.60. The van der Waals surface area contributed by atoms with Gasteiger partial charge in [0.25, 0.3) is 5.91 Å². The van der Waals surface area contributed by atoms with Crippen molar-refractivity contribution < 1.29 is 14.0 Å². The molecule has 3 aromatic rings. The van der Waals surface area contributed by atoms with Gasteiger partial charge in [-0.2, -0.15) is 0 Å². The average Bonchev–Trinajstić information content (AvgIpc) is 2.70. The predicted octanol–water partition coefficient (Wildman–Crippen LogP) is 3.48. The van der Waals surface area contributed by atoms with Crippen LogP contribution in [0.1, 0.15) is 23.0 Å². The summed E-state index contributed by atoms with van der Waals surface area (Å²) in [6.07, 6.45) is 3.56. The third-order valence-electron chi connectivity index (χ3n) is 3.96. The van der Waals surface area contributed by atoms with Crippen LogP contribution in [0.4, 0.5) is 21.6 Å². The van der Waals surface area contributed by atoms with Crippen LogP contribution in [0.5, 0.6) is 0 Å². The topological polar surface area (TPSA) is 96.0 Å². The van der Waals surface area contributed by atoms with Gasteiger partial charge in [-0.05, 0) is 42.3 Å². The maximum absolute atomic E-state index is 12.9. The number of halogens is 1. The molecule has 0 fully saturated rings. The van der Waals surface area contributed by atoms with Crippen molar-refractivity contribution in [3.05, 3.63) is 78.0 Å². The molecular weight excluding hydrogens is 373 g/mol. The molecule has 2 aromatic carbocycles. The maximum Gasteiger partial charge on any atom is 0.275 e. The molecule has 0 aliphatic rings. The zero-order valence-corrected chi connectivity index (χ0v) is 15.8. The van der Waals surface area contributed by atoms with Crippen LogP contribution in [-0.4, -0.2) is 28.3 Å². The number of aromatic nitrogens is 2. The van der Waals surface area contributed by atoms with Crippen molar-refractivity contribution in [3.8, 4) is 0 Å². The van der Waals surface area contributed by atoms with Gasteiger partial charge in [-0.15, -0.1) is 0 Å². The van der Waals surface area contributed by atoms with Crippen LogP contribution < -0.4 is 16.0 Å². The van der Waals surface area contributed by atoms with Gasteiger partial charge in [-0.3, -0.25) is 9.59 Å². The van der Waals surface area contributed by atoms with E-state index in [0.29, 0.717) is 30.2 Å². The van der Waals surface area contributed by atoms with Gasteiger partial charge in [0.2, 0.25) is 5.91 Å². The van der Waals surface area contributed by atoms with Crippen molar-refractivity contribution in [2.75, 3.05) is 22.5 Å². The first-order valence-electron chi connectivity index (χ1n) is 8.99. The van der Waals surface area contributed by atoms with Gasteiger partial charge in [0.15, 0.2) is 0 Å². The van der Waals surface area contributed by atoms with Crippen molar-refractivity contribution >= 4 is 29.0 Å². The molecular formula is C21H20FN5O2. The minimum absolute atomic E-state index is 0.166. The standard InChI is InChI=1S/C21H20FN5O2/c1-14(28)26-17-3-2-4-18(11-17)27-21(29)19-12-25-20(13-24-19)23-10-9-15-5-7-16(22)8-6-15/h2-8,11-13H,9-10H2,1H3,(H,23,25)(H,26,28)(H,27,29). The second-order valence-corrected chi connectivity index (χ2v) is 6.31. The largest absolute Gasteiger partial charge is 0.368 e. The molecule has 7 nitrogen and oxygen atoms in total. The van der Waals surface area contributed by atoms with Crippen molar-refractivity contribution in [1.29, 1.82) is 0 Å². The van der Waals surface area contributed by atoms with Crippen LogP contribution in [0, 0.1) is 5.82 Å². The lowest BCUT2D eigenvalue weighted by atomic mass is 10.1. The molecule has 0 saturated carbocycles. The quantitative estimate of drug-likeness (QED) is 0.571. The second kappa shape index (κ2) is 9.41. The molecule has 0 aliphatic carbocycles. The summed E-state index contributed by atoms with van der Waals surface area (Å²) in [7, 11) is 0. The number of amides is 2. The Morgan fingerprint density at radius 1 is 0.966 bits per heavy atom. The molecule has 3 N–H and O–H groups in total. The Hall–Kier alpha value is -3.81. The lowest BCUT2D eigenvalue weighted by Crippen LogP contribution is -2.15. The highest BCUT2D eigenvalue weighted by molar-refractivity contribution is 6.03. The molecule has 0 saturated heterocycles. The normalized spacial score (nSPS) is 10.3. The van der Waals surface area contributed by atoms with E-state index in [9.17, 15) is 14.0 Å². The smallest absolute Gasteiger partial charge is 0.275 e. The van der Waals surface area contributed by atoms with E-state index >= 15 is 0 Å². The third kappa shape index (κ3) is 6.10. The molecule has 29 heavy (non-hydrogen) atoms. The highest BCUT2D eigenvalue weighted by Crippen LogP contribution is 2.16. The number of benzene rings is 2. The Morgan fingerprint density at radius 2 is 1.69 bits per heavy atom. The molecule has 1 heterocycles. The first-order valence-corrected chi connectivity index (χ1v) is 8.99. The first-order chi connectivity index (χ1) is 14.0. The van der Waals surface area contributed by atoms with E-state index in [1.54, 1.807) is 36.4 Å². The fraction of sp³-hybridized carbons (Fsp3) is 0.143. The molecule has 0 bridgehead atoms. The lowest BCUT2D eigenvalue weighted by Gasteiger charge is -2.08. The van der Waals surface area contributed by atoms with Crippen molar-refractivity contribution in [1.82, 2.24) is 9.97 Å². The molecule has 0 unspecified atom stereocenters. The van der Waals surface area contributed by atoms with Gasteiger partial charge in [0.05, 0.1) is 12.4 Å². The number of rotatable bonds is 7. The molecule has 0 aliphatic heterocycles. The second-order valence-electron chi connectivity index (χ2n) is 6.31. The lowest BCUT2D eigenvalue weighted by molar-refractivity contribution is -0.114. The summed E-state index contributed by atoms with van der Waals surface area (Å²) < 4.78 is 12.9. The van der Waals surface area contributed by atoms with Crippen LogP contribution >= 0.6 is 0 Å². The highest BCUT2D eigenvalue weighted by atomic mass is 19.1. The minimum Gasteiger partial charge on any atom is -0.368 e. The summed E-state index contributed by atoms with van der Waals surface area (Å²) in [5.74, 6) is -0.322. The summed E-state index contributed by atoms with van der Waals surface area (Å²) >= 11 is 0. The Morgan fingerprint density at radius 3 is 2.34 bits per heavy atom. The van der Waals surface area contributed by atoms with E-state index in [1.165, 1.54) is 31.5 Å². The number of anilines is 3.